The van der Waals surface area contributed by atoms with Gasteiger partial charge < -0.3 is 22.3 Å². The average Bonchev–Trinajstić information content (AvgIpc) is 2.87. The molecule has 0 aliphatic carbocycles. The van der Waals surface area contributed by atoms with Crippen LogP contribution in [-0.4, -0.2) is 21.2 Å². The molecule has 2 aromatic carbocycles. The number of aromatic nitrogens is 3. The van der Waals surface area contributed by atoms with Crippen molar-refractivity contribution >= 4 is 50.2 Å². The van der Waals surface area contributed by atoms with Crippen molar-refractivity contribution in [3.8, 4) is 0 Å². The quantitative estimate of drug-likeness (QED) is 0.195. The molecule has 2 aromatic heterocycles. The molecule has 8 nitrogen and oxygen atoms in total. The van der Waals surface area contributed by atoms with Gasteiger partial charge in [-0.2, -0.15) is 0 Å². The maximum absolute atomic E-state index is 7.50. The van der Waals surface area contributed by atoms with E-state index in [1.807, 2.05) is 60.7 Å². The van der Waals surface area contributed by atoms with Gasteiger partial charge in [-0.15, -0.1) is 0 Å². The summed E-state index contributed by atoms with van der Waals surface area (Å²) in [4.78, 5) is 17.5. The Balaban J connectivity index is 0. The van der Waals surface area contributed by atoms with Crippen LogP contribution in [0.5, 0.6) is 0 Å². The van der Waals surface area contributed by atoms with Crippen molar-refractivity contribution in [3.63, 3.8) is 0 Å². The van der Waals surface area contributed by atoms with E-state index in [4.69, 9.17) is 14.0 Å². The first-order valence-electron chi connectivity index (χ1n) is 8.62. The molecular weight excluding hydrogens is 740 g/mol. The molecule has 0 aliphatic rings. The van der Waals surface area contributed by atoms with Crippen LogP contribution in [0.25, 0.3) is 10.9 Å². The second kappa shape index (κ2) is 19.7. The number of fused-ring (bicyclic) bond motifs is 1. The van der Waals surface area contributed by atoms with Gasteiger partial charge in [-0.25, -0.2) is 9.97 Å². The molecule has 0 saturated carbocycles. The van der Waals surface area contributed by atoms with Crippen LogP contribution < -0.4 is 22.3 Å². The smallest absolute Gasteiger partial charge is 0 e. The van der Waals surface area contributed by atoms with E-state index in [-0.39, 0.29) is 37.4 Å². The van der Waals surface area contributed by atoms with E-state index in [0.717, 1.165) is 38.3 Å². The number of anilines is 2. The predicted molar refractivity (Wildman–Crippen MR) is 120 cm³/mol. The third-order valence-corrected chi connectivity index (χ3v) is 4.23. The van der Waals surface area contributed by atoms with Crippen molar-refractivity contribution in [2.45, 2.75) is 0 Å². The zero-order valence-corrected chi connectivity index (χ0v) is 23.0. The standard InChI is InChI=1S/C20H14BrN5.3CO.BrH.Re/c21-14-4-3-6-16(10-14)26-20-18-11-15(7-8-19(18)24-13-25-20)23-12-17-5-1-2-9-22-17;3*1-2;;/h1-13H,(H,24,25,26);;;;1H;/p-1. The average molecular weight is 754 g/mol. The van der Waals surface area contributed by atoms with Crippen LogP contribution >= 0.6 is 15.9 Å². The second-order valence-electron chi connectivity index (χ2n) is 5.57. The van der Waals surface area contributed by atoms with Crippen LogP contribution in [0.2, 0.25) is 0 Å². The molecule has 0 atom stereocenters. The van der Waals surface area contributed by atoms with E-state index < -0.39 is 0 Å². The third-order valence-electron chi connectivity index (χ3n) is 3.74. The van der Waals surface area contributed by atoms with Gasteiger partial charge in [0, 0.05) is 42.2 Å². The minimum Gasteiger partial charge on any atom is 0 e. The maximum Gasteiger partial charge on any atom is 0 e. The molecule has 171 valence electrons. The van der Waals surface area contributed by atoms with Crippen molar-refractivity contribution < 1.29 is 51.4 Å². The zero-order chi connectivity index (χ0) is 23.8. The predicted octanol–water partition coefficient (Wildman–Crippen LogP) is 2.17. The molecule has 0 bridgehead atoms. The Bertz CT molecular complexity index is 1220. The number of benzene rings is 2. The molecule has 0 unspecified atom stereocenters. The van der Waals surface area contributed by atoms with Gasteiger partial charge in [-0.1, -0.05) is 28.1 Å². The van der Waals surface area contributed by atoms with Crippen LogP contribution in [0, 0.1) is 20.0 Å². The fraction of sp³-hybridized carbons (Fsp3) is 0. The van der Waals surface area contributed by atoms with Gasteiger partial charge in [0.05, 0.1) is 23.1 Å². The van der Waals surface area contributed by atoms with Crippen LogP contribution in [0.1, 0.15) is 5.69 Å². The summed E-state index contributed by atoms with van der Waals surface area (Å²) in [6.07, 6.45) is 5.04. The monoisotopic (exact) mass is 753 g/mol. The number of halogens is 2. The van der Waals surface area contributed by atoms with Gasteiger partial charge in [0.2, 0.25) is 0 Å². The number of nitrogens with zero attached hydrogens (tertiary/aromatic N) is 4. The summed E-state index contributed by atoms with van der Waals surface area (Å²) in [6, 6.07) is 19.5. The molecule has 1 radical (unpaired) electrons. The Morgan fingerprint density at radius 3 is 2.24 bits per heavy atom. The Hall–Kier alpha value is -2.76. The Labute approximate surface area is 229 Å². The molecule has 4 rings (SSSR count). The molecule has 34 heavy (non-hydrogen) atoms. The van der Waals surface area contributed by atoms with Crippen molar-refractivity contribution in [1.29, 1.82) is 0 Å². The summed E-state index contributed by atoms with van der Waals surface area (Å²) in [5.41, 5.74) is 3.43. The zero-order valence-electron chi connectivity index (χ0n) is 17.2. The molecule has 0 saturated heterocycles. The molecule has 0 spiro atoms. The number of hydrogen-bond donors (Lipinski definition) is 1. The molecule has 4 aromatic rings. The summed E-state index contributed by atoms with van der Waals surface area (Å²) in [6.45, 7) is 13.5. The first kappa shape index (κ1) is 33.4. The largest absolute Gasteiger partial charge is 0 e. The number of hydrogen-bond acceptors (Lipinski definition) is 5. The van der Waals surface area contributed by atoms with E-state index in [1.165, 1.54) is 0 Å². The van der Waals surface area contributed by atoms with Crippen LogP contribution in [-0.2, 0) is 34.4 Å². The van der Waals surface area contributed by atoms with E-state index in [1.54, 1.807) is 18.7 Å². The van der Waals surface area contributed by atoms with Gasteiger partial charge in [0.1, 0.15) is 12.1 Å². The minimum absolute atomic E-state index is 0. The summed E-state index contributed by atoms with van der Waals surface area (Å²) in [7, 11) is 0. The summed E-state index contributed by atoms with van der Waals surface area (Å²) >= 11 is 3.48. The SMILES string of the molecule is Brc1cccc(Nc2ncnc3ccc(N=Cc4ccccn4)cc23)c1.[Br-].[C-]#[O+].[C-]#[O+].[C-]#[O+].[Re]. The number of pyridine rings is 1. The Morgan fingerprint density at radius 2 is 1.59 bits per heavy atom. The summed E-state index contributed by atoms with van der Waals surface area (Å²) in [5, 5.41) is 4.25. The normalized spacial score (nSPS) is 8.68. The minimum atomic E-state index is 0. The third kappa shape index (κ3) is 10.5. The topological polar surface area (TPSA) is 123 Å². The Kier molecular flexibility index (Phi) is 19.3. The van der Waals surface area contributed by atoms with E-state index >= 15 is 0 Å². The molecule has 0 amide bonds. The van der Waals surface area contributed by atoms with Crippen LogP contribution in [0.4, 0.5) is 17.2 Å². The molecule has 0 fully saturated rings. The van der Waals surface area contributed by atoms with Crippen molar-refractivity contribution in [1.82, 2.24) is 15.0 Å². The second-order valence-corrected chi connectivity index (χ2v) is 6.49. The van der Waals surface area contributed by atoms with Gasteiger partial charge in [-0.3, -0.25) is 9.98 Å². The first-order chi connectivity index (χ1) is 15.8. The van der Waals surface area contributed by atoms with Gasteiger partial charge >= 0.3 is 33.9 Å². The first-order valence-corrected chi connectivity index (χ1v) is 9.41. The van der Waals surface area contributed by atoms with Crippen molar-refractivity contribution in [3.05, 3.63) is 103 Å². The van der Waals surface area contributed by atoms with E-state index in [2.05, 4.69) is 61.1 Å². The van der Waals surface area contributed by atoms with Crippen LogP contribution in [0.3, 0.4) is 0 Å². The molecule has 1 N–H and O–H groups in total. The van der Waals surface area contributed by atoms with E-state index in [0.29, 0.717) is 0 Å². The Morgan fingerprint density at radius 1 is 0.853 bits per heavy atom. The number of aliphatic imine (C=N–C) groups is 1. The molecule has 0 aliphatic heterocycles. The molecule has 2 heterocycles. The summed E-state index contributed by atoms with van der Waals surface area (Å²) < 4.78 is 23.5. The fourth-order valence-electron chi connectivity index (χ4n) is 2.52. The number of nitrogens with one attached hydrogen (secondary N) is 1. The molecule has 11 heteroatoms. The fourth-order valence-corrected chi connectivity index (χ4v) is 2.92. The summed E-state index contributed by atoms with van der Waals surface area (Å²) in [5.74, 6) is 0.739. The van der Waals surface area contributed by atoms with Crippen molar-refractivity contribution in [2.24, 2.45) is 4.99 Å². The van der Waals surface area contributed by atoms with Gasteiger partial charge in [0.25, 0.3) is 0 Å². The molecular formula is C23H14Br2N5O3Re-. The van der Waals surface area contributed by atoms with E-state index in [9.17, 15) is 0 Å². The number of rotatable bonds is 4. The van der Waals surface area contributed by atoms with Gasteiger partial charge in [0.15, 0.2) is 0 Å². The van der Waals surface area contributed by atoms with Crippen molar-refractivity contribution in [2.75, 3.05) is 5.32 Å². The maximum atomic E-state index is 7.50. The van der Waals surface area contributed by atoms with Crippen LogP contribution in [0.15, 0.2) is 82.7 Å². The van der Waals surface area contributed by atoms with Gasteiger partial charge in [-0.05, 0) is 48.5 Å².